The van der Waals surface area contributed by atoms with Crippen LogP contribution in [0.3, 0.4) is 0 Å². The molecule has 1 aromatic heterocycles. The number of anilines is 2. The molecule has 0 saturated carbocycles. The molecular formula is C20H21N3O2. The summed E-state index contributed by atoms with van der Waals surface area (Å²) in [6, 6.07) is 19.9. The van der Waals surface area contributed by atoms with E-state index in [1.54, 1.807) is 13.0 Å². The predicted molar refractivity (Wildman–Crippen MR) is 98.5 cm³/mol. The number of hydrogen-bond acceptors (Lipinski definition) is 4. The predicted octanol–water partition coefficient (Wildman–Crippen LogP) is 4.34. The molecule has 3 aromatic rings. The van der Waals surface area contributed by atoms with Gasteiger partial charge in [-0.3, -0.25) is 4.79 Å². The quantitative estimate of drug-likeness (QED) is 0.703. The van der Waals surface area contributed by atoms with Crippen molar-refractivity contribution >= 4 is 17.3 Å². The maximum atomic E-state index is 12.0. The zero-order valence-electron chi connectivity index (χ0n) is 14.3. The largest absolute Gasteiger partial charge is 0.379 e. The molecule has 2 N–H and O–H groups in total. The Morgan fingerprint density at radius 1 is 1.08 bits per heavy atom. The highest BCUT2D eigenvalue weighted by Crippen LogP contribution is 2.20. The summed E-state index contributed by atoms with van der Waals surface area (Å²) in [6.45, 7) is 3.92. The van der Waals surface area contributed by atoms with Crippen LogP contribution in [0.4, 0.5) is 11.4 Å². The van der Waals surface area contributed by atoms with Gasteiger partial charge in [-0.2, -0.15) is 0 Å². The van der Waals surface area contributed by atoms with E-state index in [1.165, 1.54) is 5.56 Å². The Balaban J connectivity index is 1.55. The normalized spacial score (nSPS) is 11.8. The van der Waals surface area contributed by atoms with E-state index in [0.29, 0.717) is 11.5 Å². The Bertz CT molecular complexity index is 826. The molecule has 0 bridgehead atoms. The minimum absolute atomic E-state index is 0.119. The number of hydrogen-bond donors (Lipinski definition) is 2. The molecule has 0 aliphatic carbocycles. The summed E-state index contributed by atoms with van der Waals surface area (Å²) in [4.78, 5) is 12.0. The third-order valence-corrected chi connectivity index (χ3v) is 3.87. The highest BCUT2D eigenvalue weighted by Gasteiger charge is 2.09. The van der Waals surface area contributed by atoms with Gasteiger partial charge in [-0.05, 0) is 43.7 Å². The number of carbonyl (C=O) groups excluding carboxylic acids is 1. The second-order valence-electron chi connectivity index (χ2n) is 6.01. The first-order valence-corrected chi connectivity index (χ1v) is 8.24. The van der Waals surface area contributed by atoms with Crippen LogP contribution in [0.2, 0.25) is 0 Å². The van der Waals surface area contributed by atoms with Crippen molar-refractivity contribution in [2.75, 3.05) is 10.6 Å². The lowest BCUT2D eigenvalue weighted by molar-refractivity contribution is -0.115. The van der Waals surface area contributed by atoms with E-state index in [-0.39, 0.29) is 18.4 Å². The molecular weight excluding hydrogens is 314 g/mol. The highest BCUT2D eigenvalue weighted by molar-refractivity contribution is 5.92. The summed E-state index contributed by atoms with van der Waals surface area (Å²) in [5.74, 6) is 0.581. The third-order valence-electron chi connectivity index (χ3n) is 3.87. The second-order valence-corrected chi connectivity index (χ2v) is 6.01. The molecule has 0 radical (unpaired) electrons. The Kier molecular flexibility index (Phi) is 5.14. The van der Waals surface area contributed by atoms with E-state index >= 15 is 0 Å². The van der Waals surface area contributed by atoms with Gasteiger partial charge in [-0.1, -0.05) is 35.5 Å². The van der Waals surface area contributed by atoms with Gasteiger partial charge in [0.25, 0.3) is 0 Å². The minimum Gasteiger partial charge on any atom is -0.379 e. The monoisotopic (exact) mass is 335 g/mol. The molecule has 0 aliphatic heterocycles. The van der Waals surface area contributed by atoms with Gasteiger partial charge in [0, 0.05) is 23.5 Å². The molecule has 5 heteroatoms. The number of amides is 1. The number of nitrogens with one attached hydrogen (secondary N) is 2. The van der Waals surface area contributed by atoms with Gasteiger partial charge >= 0.3 is 0 Å². The van der Waals surface area contributed by atoms with Crippen LogP contribution in [0.25, 0.3) is 0 Å². The molecule has 0 saturated heterocycles. The molecule has 0 aliphatic rings. The standard InChI is InChI=1S/C20H21N3O2/c1-14-12-19(23-25-14)13-20(24)22-18-10-8-17(9-11-18)21-15(2)16-6-4-3-5-7-16/h3-12,15,21H,13H2,1-2H3,(H,22,24). The number of nitrogens with zero attached hydrogens (tertiary/aromatic N) is 1. The number of aromatic nitrogens is 1. The van der Waals surface area contributed by atoms with Crippen LogP contribution < -0.4 is 10.6 Å². The average Bonchev–Trinajstić information content (AvgIpc) is 3.02. The van der Waals surface area contributed by atoms with Gasteiger partial charge < -0.3 is 15.2 Å². The molecule has 5 nitrogen and oxygen atoms in total. The summed E-state index contributed by atoms with van der Waals surface area (Å²) in [7, 11) is 0. The SMILES string of the molecule is Cc1cc(CC(=O)Nc2ccc(NC(C)c3ccccc3)cc2)no1. The van der Waals surface area contributed by atoms with Gasteiger partial charge in [0.2, 0.25) is 5.91 Å². The van der Waals surface area contributed by atoms with Crippen molar-refractivity contribution in [3.63, 3.8) is 0 Å². The van der Waals surface area contributed by atoms with E-state index in [2.05, 4.69) is 34.8 Å². The first-order chi connectivity index (χ1) is 12.1. The summed E-state index contributed by atoms with van der Waals surface area (Å²) in [5, 5.41) is 10.1. The maximum absolute atomic E-state index is 12.0. The summed E-state index contributed by atoms with van der Waals surface area (Å²) < 4.78 is 4.97. The van der Waals surface area contributed by atoms with E-state index in [1.807, 2.05) is 42.5 Å². The topological polar surface area (TPSA) is 67.2 Å². The molecule has 1 amide bonds. The van der Waals surface area contributed by atoms with E-state index in [4.69, 9.17) is 4.52 Å². The van der Waals surface area contributed by atoms with E-state index in [9.17, 15) is 4.79 Å². The highest BCUT2D eigenvalue weighted by atomic mass is 16.5. The molecule has 3 rings (SSSR count). The zero-order valence-corrected chi connectivity index (χ0v) is 14.3. The fraction of sp³-hybridized carbons (Fsp3) is 0.200. The Hall–Kier alpha value is -3.08. The lowest BCUT2D eigenvalue weighted by atomic mass is 10.1. The van der Waals surface area contributed by atoms with Crippen molar-refractivity contribution in [2.45, 2.75) is 26.3 Å². The fourth-order valence-corrected chi connectivity index (χ4v) is 2.60. The summed E-state index contributed by atoms with van der Waals surface area (Å²) >= 11 is 0. The number of carbonyl (C=O) groups is 1. The molecule has 128 valence electrons. The Morgan fingerprint density at radius 2 is 1.76 bits per heavy atom. The molecule has 25 heavy (non-hydrogen) atoms. The third kappa shape index (κ3) is 4.70. The maximum Gasteiger partial charge on any atom is 0.230 e. The smallest absolute Gasteiger partial charge is 0.230 e. The van der Waals surface area contributed by atoms with Gasteiger partial charge in [0.15, 0.2) is 0 Å². The first kappa shape index (κ1) is 16.8. The van der Waals surface area contributed by atoms with Crippen molar-refractivity contribution in [3.8, 4) is 0 Å². The molecule has 1 unspecified atom stereocenters. The zero-order chi connectivity index (χ0) is 17.6. The minimum atomic E-state index is -0.119. The van der Waals surface area contributed by atoms with Crippen molar-refractivity contribution in [2.24, 2.45) is 0 Å². The van der Waals surface area contributed by atoms with Crippen LogP contribution in [0.5, 0.6) is 0 Å². The fourth-order valence-electron chi connectivity index (χ4n) is 2.60. The molecule has 1 heterocycles. The average molecular weight is 335 g/mol. The molecule has 1 atom stereocenters. The van der Waals surface area contributed by atoms with Gasteiger partial charge in [-0.25, -0.2) is 0 Å². The van der Waals surface area contributed by atoms with Crippen LogP contribution in [-0.2, 0) is 11.2 Å². The lowest BCUT2D eigenvalue weighted by Gasteiger charge is -2.16. The van der Waals surface area contributed by atoms with Crippen LogP contribution in [0, 0.1) is 6.92 Å². The Labute approximate surface area is 147 Å². The second kappa shape index (κ2) is 7.66. The van der Waals surface area contributed by atoms with E-state index < -0.39 is 0 Å². The van der Waals surface area contributed by atoms with Crippen molar-refractivity contribution in [3.05, 3.63) is 77.7 Å². The van der Waals surface area contributed by atoms with E-state index in [0.717, 1.165) is 11.4 Å². The van der Waals surface area contributed by atoms with Crippen LogP contribution in [-0.4, -0.2) is 11.1 Å². The van der Waals surface area contributed by atoms with Crippen molar-refractivity contribution < 1.29 is 9.32 Å². The number of benzene rings is 2. The first-order valence-electron chi connectivity index (χ1n) is 8.24. The van der Waals surface area contributed by atoms with Gasteiger partial charge in [0.1, 0.15) is 5.76 Å². The van der Waals surface area contributed by atoms with Crippen molar-refractivity contribution in [1.29, 1.82) is 0 Å². The number of rotatable bonds is 6. The molecule has 2 aromatic carbocycles. The van der Waals surface area contributed by atoms with Crippen LogP contribution in [0.1, 0.15) is 30.0 Å². The van der Waals surface area contributed by atoms with Crippen LogP contribution >= 0.6 is 0 Å². The van der Waals surface area contributed by atoms with Crippen LogP contribution in [0.15, 0.2) is 65.2 Å². The van der Waals surface area contributed by atoms with Gasteiger partial charge in [-0.15, -0.1) is 0 Å². The lowest BCUT2D eigenvalue weighted by Crippen LogP contribution is -2.14. The van der Waals surface area contributed by atoms with Crippen molar-refractivity contribution in [1.82, 2.24) is 5.16 Å². The van der Waals surface area contributed by atoms with Gasteiger partial charge in [0.05, 0.1) is 12.1 Å². The Morgan fingerprint density at radius 3 is 2.40 bits per heavy atom. The number of aryl methyl sites for hydroxylation is 1. The summed E-state index contributed by atoms with van der Waals surface area (Å²) in [5.41, 5.74) is 3.61. The molecule has 0 spiro atoms. The molecule has 0 fully saturated rings. The summed E-state index contributed by atoms with van der Waals surface area (Å²) in [6.07, 6.45) is 0.197.